The Kier molecular flexibility index (Phi) is 6.65. The molecule has 2 unspecified atom stereocenters. The van der Waals surface area contributed by atoms with Gasteiger partial charge in [-0.3, -0.25) is 4.90 Å². The quantitative estimate of drug-likeness (QED) is 0.676. The van der Waals surface area contributed by atoms with E-state index < -0.39 is 29.5 Å². The summed E-state index contributed by atoms with van der Waals surface area (Å²) in [6.45, 7) is 2.19. The summed E-state index contributed by atoms with van der Waals surface area (Å²) in [7, 11) is 0. The van der Waals surface area contributed by atoms with Crippen molar-refractivity contribution < 1.29 is 37.7 Å². The maximum absolute atomic E-state index is 12.8. The van der Waals surface area contributed by atoms with E-state index in [-0.39, 0.29) is 24.9 Å². The largest absolute Gasteiger partial charge is 0.482 e. The van der Waals surface area contributed by atoms with Crippen molar-refractivity contribution in [1.29, 1.82) is 0 Å². The van der Waals surface area contributed by atoms with Gasteiger partial charge in [-0.25, -0.2) is 9.78 Å². The van der Waals surface area contributed by atoms with Crippen molar-refractivity contribution in [2.75, 3.05) is 26.3 Å². The highest BCUT2D eigenvalue weighted by atomic mass is 32.1. The molecule has 11 heteroatoms. The van der Waals surface area contributed by atoms with E-state index in [4.69, 9.17) is 14.6 Å². The fourth-order valence-corrected chi connectivity index (χ4v) is 3.93. The zero-order chi connectivity index (χ0) is 21.9. The molecule has 0 aliphatic carbocycles. The van der Waals surface area contributed by atoms with Crippen molar-refractivity contribution in [3.63, 3.8) is 0 Å². The number of morpholine rings is 1. The first kappa shape index (κ1) is 22.5. The van der Waals surface area contributed by atoms with Crippen LogP contribution in [0.1, 0.15) is 23.2 Å². The zero-order valence-electron chi connectivity index (χ0n) is 16.1. The van der Waals surface area contributed by atoms with Gasteiger partial charge in [0.2, 0.25) is 5.79 Å². The van der Waals surface area contributed by atoms with Crippen molar-refractivity contribution >= 4 is 17.3 Å². The number of hydrogen-bond donors (Lipinski definition) is 2. The molecule has 0 bridgehead atoms. The molecule has 1 aliphatic rings. The maximum Gasteiger partial charge on any atom is 0.443 e. The molecule has 2 aromatic rings. The van der Waals surface area contributed by atoms with Crippen molar-refractivity contribution in [2.45, 2.75) is 31.3 Å². The average Bonchev–Trinajstić information content (AvgIpc) is 3.19. The van der Waals surface area contributed by atoms with Crippen molar-refractivity contribution in [2.24, 2.45) is 0 Å². The van der Waals surface area contributed by atoms with Crippen LogP contribution in [0.25, 0.3) is 0 Å². The van der Waals surface area contributed by atoms with Crippen LogP contribution in [0.5, 0.6) is 5.75 Å². The van der Waals surface area contributed by atoms with Crippen molar-refractivity contribution in [1.82, 2.24) is 9.88 Å². The van der Waals surface area contributed by atoms with Crippen LogP contribution in [0.3, 0.4) is 0 Å². The third-order valence-electron chi connectivity index (χ3n) is 4.72. The molecule has 164 valence electrons. The number of nitrogens with zero attached hydrogens (tertiary/aromatic N) is 2. The third-order valence-corrected chi connectivity index (χ3v) is 5.61. The predicted octanol–water partition coefficient (Wildman–Crippen LogP) is 2.73. The van der Waals surface area contributed by atoms with Crippen LogP contribution in [0.15, 0.2) is 29.6 Å². The molecular weight excluding hydrogens is 425 g/mol. The molecule has 1 fully saturated rings. The predicted molar refractivity (Wildman–Crippen MR) is 101 cm³/mol. The van der Waals surface area contributed by atoms with Gasteiger partial charge >= 0.3 is 12.1 Å². The Bertz CT molecular complexity index is 874. The van der Waals surface area contributed by atoms with Gasteiger partial charge in [-0.1, -0.05) is 12.1 Å². The lowest BCUT2D eigenvalue weighted by Crippen LogP contribution is -2.53. The summed E-state index contributed by atoms with van der Waals surface area (Å²) in [5.41, 5.74) is 0.824. The molecule has 0 spiro atoms. The number of benzene rings is 1. The van der Waals surface area contributed by atoms with Crippen LogP contribution in [0, 0.1) is 0 Å². The number of rotatable bonds is 7. The van der Waals surface area contributed by atoms with E-state index in [1.165, 1.54) is 5.38 Å². The molecule has 30 heavy (non-hydrogen) atoms. The Hall–Kier alpha value is -2.21. The van der Waals surface area contributed by atoms with Gasteiger partial charge in [-0.05, 0) is 31.0 Å². The van der Waals surface area contributed by atoms with Crippen LogP contribution in [0.2, 0.25) is 0 Å². The highest BCUT2D eigenvalue weighted by molar-refractivity contribution is 7.09. The number of halogens is 3. The van der Waals surface area contributed by atoms with Crippen LogP contribution >= 0.6 is 11.3 Å². The minimum atomic E-state index is -4.57. The van der Waals surface area contributed by atoms with Crippen LogP contribution < -0.4 is 4.74 Å². The number of hydrogen-bond acceptors (Lipinski definition) is 7. The van der Waals surface area contributed by atoms with Gasteiger partial charge in [0.15, 0.2) is 11.6 Å². The number of aliphatic carboxylic acids is 1. The van der Waals surface area contributed by atoms with Crippen LogP contribution in [0.4, 0.5) is 13.2 Å². The minimum Gasteiger partial charge on any atom is -0.482 e. The first-order valence-corrected chi connectivity index (χ1v) is 10.0. The molecule has 3 rings (SSSR count). The number of aromatic nitrogens is 1. The molecule has 1 aromatic heterocycles. The van der Waals surface area contributed by atoms with Gasteiger partial charge in [0, 0.05) is 18.0 Å². The lowest BCUT2D eigenvalue weighted by Gasteiger charge is -2.41. The number of carboxylic acid groups (broad SMARTS) is 1. The number of β-amino-alcohol motifs (C(OH)–C–C–N with tert-alkyl or cyclic N) is 1. The monoisotopic (exact) mass is 446 g/mol. The van der Waals surface area contributed by atoms with E-state index in [1.54, 1.807) is 12.1 Å². The molecular formula is C19H21F3N2O5S. The summed E-state index contributed by atoms with van der Waals surface area (Å²) in [6.07, 6.45) is -3.96. The molecule has 2 N–H and O–H groups in total. The van der Waals surface area contributed by atoms with Gasteiger partial charge in [-0.15, -0.1) is 11.3 Å². The molecule has 0 amide bonds. The number of aliphatic hydroxyl groups is 1. The fourth-order valence-electron chi connectivity index (χ4n) is 3.18. The van der Waals surface area contributed by atoms with Crippen molar-refractivity contribution in [3.8, 4) is 5.75 Å². The van der Waals surface area contributed by atoms with E-state index in [9.17, 15) is 23.1 Å². The lowest BCUT2D eigenvalue weighted by atomic mass is 10.0. The first-order chi connectivity index (χ1) is 14.1. The highest BCUT2D eigenvalue weighted by Crippen LogP contribution is 2.36. The third kappa shape index (κ3) is 5.48. The minimum absolute atomic E-state index is 0.00496. The molecule has 0 radical (unpaired) electrons. The molecule has 2 atom stereocenters. The molecule has 1 aliphatic heterocycles. The maximum atomic E-state index is 12.8. The fraction of sp³-hybridized carbons (Fsp3) is 0.474. The van der Waals surface area contributed by atoms with Gasteiger partial charge in [0.1, 0.15) is 11.4 Å². The zero-order valence-corrected chi connectivity index (χ0v) is 16.9. The standard InChI is InChI=1S/C19H21F3N2O5S/c1-12(8-13-2-4-14(5-3-13)28-9-16(25)26)24-6-7-29-18(27,11-24)15-10-30-17(23-15)19(20,21)22/h2-5,10,12,27H,6-9,11H2,1H3,(H,25,26). The second-order valence-electron chi connectivity index (χ2n) is 7.02. The Morgan fingerprint density at radius 2 is 2.10 bits per heavy atom. The number of thiazole rings is 1. The number of carbonyl (C=O) groups is 1. The van der Waals surface area contributed by atoms with E-state index in [1.807, 2.05) is 24.0 Å². The Morgan fingerprint density at radius 1 is 1.40 bits per heavy atom. The second kappa shape index (κ2) is 8.88. The second-order valence-corrected chi connectivity index (χ2v) is 7.88. The molecule has 1 aromatic carbocycles. The smallest absolute Gasteiger partial charge is 0.443 e. The summed E-state index contributed by atoms with van der Waals surface area (Å²) in [6, 6.07) is 6.95. The van der Waals surface area contributed by atoms with E-state index in [0.717, 1.165) is 5.56 Å². The highest BCUT2D eigenvalue weighted by Gasteiger charge is 2.42. The molecule has 1 saturated heterocycles. The summed E-state index contributed by atoms with van der Waals surface area (Å²) < 4.78 is 49.0. The molecule has 2 heterocycles. The normalized spacial score (nSPS) is 21.4. The Morgan fingerprint density at radius 3 is 2.70 bits per heavy atom. The average molecular weight is 446 g/mol. The van der Waals surface area contributed by atoms with E-state index in [0.29, 0.717) is 30.1 Å². The van der Waals surface area contributed by atoms with Gasteiger partial charge in [0.25, 0.3) is 0 Å². The van der Waals surface area contributed by atoms with Gasteiger partial charge in [-0.2, -0.15) is 13.2 Å². The van der Waals surface area contributed by atoms with Gasteiger partial charge < -0.3 is 19.7 Å². The summed E-state index contributed by atoms with van der Waals surface area (Å²) in [4.78, 5) is 16.0. The van der Waals surface area contributed by atoms with E-state index >= 15 is 0 Å². The van der Waals surface area contributed by atoms with Crippen LogP contribution in [-0.2, 0) is 27.9 Å². The summed E-state index contributed by atoms with van der Waals surface area (Å²) >= 11 is 0.425. The Balaban J connectivity index is 1.63. The van der Waals surface area contributed by atoms with Crippen molar-refractivity contribution in [3.05, 3.63) is 45.9 Å². The van der Waals surface area contributed by atoms with E-state index in [2.05, 4.69) is 4.98 Å². The number of carboxylic acids is 1. The molecule has 7 nitrogen and oxygen atoms in total. The number of alkyl halides is 3. The van der Waals surface area contributed by atoms with Gasteiger partial charge in [0.05, 0.1) is 13.2 Å². The summed E-state index contributed by atoms with van der Waals surface area (Å²) in [5.74, 6) is -2.52. The topological polar surface area (TPSA) is 92.1 Å². The number of ether oxygens (including phenoxy) is 2. The van der Waals surface area contributed by atoms with Crippen LogP contribution in [-0.4, -0.2) is 58.4 Å². The lowest BCUT2D eigenvalue weighted by molar-refractivity contribution is -0.254. The Labute approximate surface area is 174 Å². The molecule has 0 saturated carbocycles. The SMILES string of the molecule is CC(Cc1ccc(OCC(=O)O)cc1)N1CCOC(O)(c2csc(C(F)(F)F)n2)C1. The summed E-state index contributed by atoms with van der Waals surface area (Å²) in [5, 5.41) is 19.6. The first-order valence-electron chi connectivity index (χ1n) is 9.14.